The van der Waals surface area contributed by atoms with Crippen LogP contribution in [0.3, 0.4) is 0 Å². The van der Waals surface area contributed by atoms with E-state index in [9.17, 15) is 0 Å². The fourth-order valence-electron chi connectivity index (χ4n) is 4.19. The predicted octanol–water partition coefficient (Wildman–Crippen LogP) is 3.77. The number of hydrogen-bond donors (Lipinski definition) is 1. The Hall–Kier alpha value is -1.22. The standard InChI is InChI=1S/C18H27NO2/c1-19-16-13-17(18(16)11-5-3-4-6-12-18)21-15-9-7-14(20-2)8-10-15/h7-10,16-17,19H,3-6,11-13H2,1-2H3. The molecule has 116 valence electrons. The van der Waals surface area contributed by atoms with Crippen LogP contribution >= 0.6 is 0 Å². The molecular weight excluding hydrogens is 262 g/mol. The third-order valence-electron chi connectivity index (χ3n) is 5.51. The van der Waals surface area contributed by atoms with Crippen molar-refractivity contribution in [1.82, 2.24) is 5.32 Å². The number of methoxy groups -OCH3 is 1. The fourth-order valence-corrected chi connectivity index (χ4v) is 4.19. The molecule has 2 saturated carbocycles. The van der Waals surface area contributed by atoms with E-state index in [2.05, 4.69) is 12.4 Å². The van der Waals surface area contributed by atoms with Gasteiger partial charge in [0.05, 0.1) is 7.11 Å². The van der Waals surface area contributed by atoms with Gasteiger partial charge in [-0.15, -0.1) is 0 Å². The topological polar surface area (TPSA) is 30.5 Å². The highest BCUT2D eigenvalue weighted by atomic mass is 16.5. The Morgan fingerprint density at radius 2 is 1.62 bits per heavy atom. The molecule has 0 radical (unpaired) electrons. The van der Waals surface area contributed by atoms with Crippen LogP contribution in [0.2, 0.25) is 0 Å². The summed E-state index contributed by atoms with van der Waals surface area (Å²) >= 11 is 0. The molecule has 1 spiro atoms. The Morgan fingerprint density at radius 1 is 1.00 bits per heavy atom. The van der Waals surface area contributed by atoms with Gasteiger partial charge in [-0.2, -0.15) is 0 Å². The molecule has 2 unspecified atom stereocenters. The molecule has 1 N–H and O–H groups in total. The molecule has 3 rings (SSSR count). The Kier molecular flexibility index (Phi) is 4.39. The zero-order valence-electron chi connectivity index (χ0n) is 13.2. The van der Waals surface area contributed by atoms with Crippen molar-refractivity contribution in [2.45, 2.75) is 57.1 Å². The van der Waals surface area contributed by atoms with Gasteiger partial charge in [0, 0.05) is 17.9 Å². The smallest absolute Gasteiger partial charge is 0.120 e. The highest BCUT2D eigenvalue weighted by Gasteiger charge is 2.55. The van der Waals surface area contributed by atoms with Gasteiger partial charge in [-0.25, -0.2) is 0 Å². The van der Waals surface area contributed by atoms with E-state index in [1.807, 2.05) is 24.3 Å². The maximum Gasteiger partial charge on any atom is 0.120 e. The molecule has 0 amide bonds. The van der Waals surface area contributed by atoms with Gasteiger partial charge in [0.2, 0.25) is 0 Å². The van der Waals surface area contributed by atoms with Crippen molar-refractivity contribution in [3.05, 3.63) is 24.3 Å². The van der Waals surface area contributed by atoms with Crippen LogP contribution in [0.5, 0.6) is 11.5 Å². The minimum absolute atomic E-state index is 0.352. The third-order valence-corrected chi connectivity index (χ3v) is 5.51. The van der Waals surface area contributed by atoms with Crippen molar-refractivity contribution in [3.8, 4) is 11.5 Å². The minimum Gasteiger partial charge on any atom is -0.497 e. The van der Waals surface area contributed by atoms with Crippen LogP contribution in [0.1, 0.15) is 44.9 Å². The van der Waals surface area contributed by atoms with Gasteiger partial charge in [-0.3, -0.25) is 0 Å². The summed E-state index contributed by atoms with van der Waals surface area (Å²) in [6.45, 7) is 0. The molecule has 0 saturated heterocycles. The Bertz CT molecular complexity index is 449. The van der Waals surface area contributed by atoms with Crippen LogP contribution < -0.4 is 14.8 Å². The lowest BCUT2D eigenvalue weighted by atomic mass is 9.58. The van der Waals surface area contributed by atoms with Crippen LogP contribution in [-0.2, 0) is 0 Å². The summed E-state index contributed by atoms with van der Waals surface area (Å²) in [6, 6.07) is 8.62. The van der Waals surface area contributed by atoms with Gasteiger partial charge in [0.1, 0.15) is 17.6 Å². The first-order chi connectivity index (χ1) is 10.3. The van der Waals surface area contributed by atoms with Crippen molar-refractivity contribution in [2.75, 3.05) is 14.2 Å². The van der Waals surface area contributed by atoms with E-state index in [1.54, 1.807) is 7.11 Å². The van der Waals surface area contributed by atoms with E-state index in [0.29, 0.717) is 17.6 Å². The molecule has 2 aliphatic rings. The maximum atomic E-state index is 6.34. The van der Waals surface area contributed by atoms with E-state index in [1.165, 1.54) is 38.5 Å². The Labute approximate surface area is 128 Å². The summed E-state index contributed by atoms with van der Waals surface area (Å²) in [4.78, 5) is 0. The molecule has 0 aromatic heterocycles. The molecule has 1 aromatic rings. The van der Waals surface area contributed by atoms with Crippen molar-refractivity contribution in [2.24, 2.45) is 5.41 Å². The monoisotopic (exact) mass is 289 g/mol. The lowest BCUT2D eigenvalue weighted by Gasteiger charge is -2.55. The molecule has 2 atom stereocenters. The zero-order chi connectivity index (χ0) is 14.7. The molecule has 0 bridgehead atoms. The molecule has 2 fully saturated rings. The van der Waals surface area contributed by atoms with E-state index < -0.39 is 0 Å². The molecule has 2 aliphatic carbocycles. The minimum atomic E-state index is 0.352. The number of rotatable bonds is 4. The SMILES string of the molecule is CNC1CC(Oc2ccc(OC)cc2)C12CCCCCC2. The molecule has 0 aliphatic heterocycles. The first kappa shape index (κ1) is 14.7. The average Bonchev–Trinajstić information content (AvgIpc) is 2.79. The van der Waals surface area contributed by atoms with E-state index in [-0.39, 0.29) is 0 Å². The van der Waals surface area contributed by atoms with E-state index in [0.717, 1.165) is 17.9 Å². The van der Waals surface area contributed by atoms with Crippen LogP contribution in [0.15, 0.2) is 24.3 Å². The number of benzene rings is 1. The number of hydrogen-bond acceptors (Lipinski definition) is 3. The lowest BCUT2D eigenvalue weighted by molar-refractivity contribution is -0.0882. The van der Waals surface area contributed by atoms with Crippen molar-refractivity contribution < 1.29 is 9.47 Å². The van der Waals surface area contributed by atoms with Crippen LogP contribution in [0.25, 0.3) is 0 Å². The van der Waals surface area contributed by atoms with E-state index in [4.69, 9.17) is 9.47 Å². The number of nitrogens with one attached hydrogen (secondary N) is 1. The first-order valence-electron chi connectivity index (χ1n) is 8.26. The maximum absolute atomic E-state index is 6.34. The quantitative estimate of drug-likeness (QED) is 0.915. The second-order valence-electron chi connectivity index (χ2n) is 6.51. The summed E-state index contributed by atoms with van der Waals surface area (Å²) in [5.74, 6) is 1.85. The largest absolute Gasteiger partial charge is 0.497 e. The van der Waals surface area contributed by atoms with Crippen molar-refractivity contribution in [1.29, 1.82) is 0 Å². The normalized spacial score (nSPS) is 27.7. The summed E-state index contributed by atoms with van der Waals surface area (Å²) in [5, 5.41) is 3.52. The fraction of sp³-hybridized carbons (Fsp3) is 0.667. The summed E-state index contributed by atoms with van der Waals surface area (Å²) in [6.07, 6.45) is 9.56. The summed E-state index contributed by atoms with van der Waals surface area (Å²) in [7, 11) is 3.79. The zero-order valence-corrected chi connectivity index (χ0v) is 13.2. The van der Waals surface area contributed by atoms with Crippen LogP contribution in [-0.4, -0.2) is 26.3 Å². The van der Waals surface area contributed by atoms with Crippen LogP contribution in [0.4, 0.5) is 0 Å². The van der Waals surface area contributed by atoms with E-state index >= 15 is 0 Å². The van der Waals surface area contributed by atoms with Gasteiger partial charge < -0.3 is 14.8 Å². The van der Waals surface area contributed by atoms with Crippen molar-refractivity contribution >= 4 is 0 Å². The average molecular weight is 289 g/mol. The third kappa shape index (κ3) is 2.76. The van der Waals surface area contributed by atoms with Gasteiger partial charge >= 0.3 is 0 Å². The molecule has 1 aromatic carbocycles. The van der Waals surface area contributed by atoms with Gasteiger partial charge in [0.15, 0.2) is 0 Å². The first-order valence-corrected chi connectivity index (χ1v) is 8.26. The van der Waals surface area contributed by atoms with Gasteiger partial charge in [-0.05, 0) is 44.2 Å². The van der Waals surface area contributed by atoms with Crippen molar-refractivity contribution in [3.63, 3.8) is 0 Å². The Morgan fingerprint density at radius 3 is 2.19 bits per heavy atom. The molecule has 3 heteroatoms. The lowest BCUT2D eigenvalue weighted by Crippen LogP contribution is -2.64. The summed E-state index contributed by atoms with van der Waals surface area (Å²) < 4.78 is 11.5. The predicted molar refractivity (Wildman–Crippen MR) is 85.0 cm³/mol. The Balaban J connectivity index is 1.71. The molecule has 21 heavy (non-hydrogen) atoms. The van der Waals surface area contributed by atoms with Crippen LogP contribution in [0, 0.1) is 5.41 Å². The highest BCUT2D eigenvalue weighted by molar-refractivity contribution is 5.31. The summed E-state index contributed by atoms with van der Waals surface area (Å²) in [5.41, 5.74) is 0.352. The van der Waals surface area contributed by atoms with Gasteiger partial charge in [0.25, 0.3) is 0 Å². The number of ether oxygens (including phenoxy) is 2. The molecule has 3 nitrogen and oxygen atoms in total. The second kappa shape index (κ2) is 6.27. The molecule has 0 heterocycles. The second-order valence-corrected chi connectivity index (χ2v) is 6.51. The highest BCUT2D eigenvalue weighted by Crippen LogP contribution is 2.52. The van der Waals surface area contributed by atoms with Gasteiger partial charge in [-0.1, -0.05) is 25.7 Å². The molecular formula is C18H27NO2.